The van der Waals surface area contributed by atoms with Crippen molar-refractivity contribution in [1.29, 1.82) is 0 Å². The fourth-order valence-corrected chi connectivity index (χ4v) is 5.00. The maximum Gasteiger partial charge on any atom is 0.323 e. The first-order valence-electron chi connectivity index (χ1n) is 13.4. The number of methoxy groups -OCH3 is 1. The predicted octanol–water partition coefficient (Wildman–Crippen LogP) is 5.91. The average Bonchev–Trinajstić information content (AvgIpc) is 3.50. The Morgan fingerprint density at radius 3 is 2.44 bits per heavy atom. The van der Waals surface area contributed by atoms with Crippen LogP contribution < -0.4 is 15.5 Å². The van der Waals surface area contributed by atoms with Crippen molar-refractivity contribution in [2.24, 2.45) is 0 Å². The molecule has 0 spiro atoms. The number of aromatic amines is 1. The molecule has 1 saturated carbocycles. The highest BCUT2D eigenvalue weighted by atomic mass is 19.3. The number of aryl methyl sites for hydroxylation is 1. The van der Waals surface area contributed by atoms with Crippen molar-refractivity contribution in [2.75, 3.05) is 35.8 Å². The Hall–Kier alpha value is -4.45. The molecule has 10 nitrogen and oxygen atoms in total. The first-order chi connectivity index (χ1) is 19.8. The zero-order valence-electron chi connectivity index (χ0n) is 22.9. The maximum absolute atomic E-state index is 14.0. The molecule has 0 radical (unpaired) electrons. The number of pyridine rings is 1. The van der Waals surface area contributed by atoms with Crippen LogP contribution in [-0.2, 0) is 4.74 Å². The van der Waals surface area contributed by atoms with Gasteiger partial charge in [-0.05, 0) is 48.4 Å². The molecular formula is C29H32F2N8O2. The van der Waals surface area contributed by atoms with Crippen molar-refractivity contribution in [2.45, 2.75) is 44.6 Å². The molecule has 3 N–H and O–H groups in total. The molecule has 1 fully saturated rings. The molecule has 5 rings (SSSR count). The summed E-state index contributed by atoms with van der Waals surface area (Å²) in [6, 6.07) is 17.9. The summed E-state index contributed by atoms with van der Waals surface area (Å²) in [5, 5.41) is 20.0. The lowest BCUT2D eigenvalue weighted by atomic mass is 9.91. The van der Waals surface area contributed by atoms with Crippen LogP contribution in [0.5, 0.6) is 0 Å². The number of carbonyl (C=O) groups excluding carboxylic acids is 1. The number of hydrogen-bond acceptors (Lipinski definition) is 7. The number of carbonyl (C=O) groups is 1. The lowest BCUT2D eigenvalue weighted by Gasteiger charge is -2.38. The summed E-state index contributed by atoms with van der Waals surface area (Å²) in [6.07, 6.45) is 0.262. The molecule has 1 aliphatic rings. The third kappa shape index (κ3) is 7.01. The zero-order valence-corrected chi connectivity index (χ0v) is 22.9. The molecule has 2 aromatic carbocycles. The topological polar surface area (TPSA) is 121 Å². The minimum atomic E-state index is -2.66. The Morgan fingerprint density at radius 1 is 1.05 bits per heavy atom. The molecule has 0 atom stereocenters. The van der Waals surface area contributed by atoms with Gasteiger partial charge in [-0.25, -0.2) is 23.7 Å². The first kappa shape index (κ1) is 28.1. The number of amides is 2. The van der Waals surface area contributed by atoms with Gasteiger partial charge >= 0.3 is 6.03 Å². The van der Waals surface area contributed by atoms with E-state index in [4.69, 9.17) is 9.72 Å². The van der Waals surface area contributed by atoms with Crippen molar-refractivity contribution < 1.29 is 18.3 Å². The van der Waals surface area contributed by atoms with Gasteiger partial charge in [0.1, 0.15) is 5.82 Å². The van der Waals surface area contributed by atoms with E-state index in [0.29, 0.717) is 54.7 Å². The van der Waals surface area contributed by atoms with Crippen molar-refractivity contribution in [3.63, 3.8) is 0 Å². The number of nitrogens with one attached hydrogen (secondary N) is 3. The summed E-state index contributed by atoms with van der Waals surface area (Å²) in [6.45, 7) is 2.81. The van der Waals surface area contributed by atoms with Gasteiger partial charge in [0.25, 0.3) is 0 Å². The number of tetrazole rings is 1. The second kappa shape index (κ2) is 12.4. The van der Waals surface area contributed by atoms with Crippen molar-refractivity contribution >= 4 is 23.2 Å². The molecule has 0 aliphatic heterocycles. The number of hydrogen-bond donors (Lipinski definition) is 3. The van der Waals surface area contributed by atoms with E-state index in [0.717, 1.165) is 16.7 Å². The number of nitrogens with zero attached hydrogens (tertiary/aromatic N) is 5. The average molecular weight is 563 g/mol. The second-order valence-electron chi connectivity index (χ2n) is 10.1. The van der Waals surface area contributed by atoms with Crippen LogP contribution >= 0.6 is 0 Å². The highest BCUT2D eigenvalue weighted by Gasteiger charge is 2.37. The number of alkyl halides is 2. The summed E-state index contributed by atoms with van der Waals surface area (Å²) >= 11 is 0. The van der Waals surface area contributed by atoms with Gasteiger partial charge in [0.15, 0.2) is 5.82 Å². The summed E-state index contributed by atoms with van der Waals surface area (Å²) in [5.41, 5.74) is 4.23. The minimum Gasteiger partial charge on any atom is -0.383 e. The third-order valence-corrected chi connectivity index (χ3v) is 7.14. The Kier molecular flexibility index (Phi) is 8.48. The Bertz CT molecular complexity index is 1450. The highest BCUT2D eigenvalue weighted by molar-refractivity contribution is 6.00. The summed E-state index contributed by atoms with van der Waals surface area (Å²) < 4.78 is 33.4. The molecule has 1 aliphatic carbocycles. The smallest absolute Gasteiger partial charge is 0.323 e. The van der Waals surface area contributed by atoms with Crippen LogP contribution in [0, 0.1) is 6.92 Å². The van der Waals surface area contributed by atoms with Crippen LogP contribution in [0.15, 0.2) is 60.7 Å². The molecule has 2 amide bonds. The van der Waals surface area contributed by atoms with E-state index in [1.807, 2.05) is 60.4 Å². The van der Waals surface area contributed by atoms with Gasteiger partial charge in [0.05, 0.1) is 12.3 Å². The quantitative estimate of drug-likeness (QED) is 0.232. The molecule has 0 saturated heterocycles. The standard InChI is InChI=1S/C29H32F2N8O2/c1-19-7-9-20(10-8-19)32-28(40)33-21-17-25(23-5-3-4-6-24(23)27-35-37-38-36-27)34-26(18-21)39(15-16-41-2)22-11-13-29(30,31)14-12-22/h3-10,17-18,22H,11-16H2,1-2H3,(H2,32,33,34,40)(H,35,36,37,38). The van der Waals surface area contributed by atoms with Gasteiger partial charge in [-0.2, -0.15) is 0 Å². The lowest BCUT2D eigenvalue weighted by molar-refractivity contribution is -0.0383. The number of anilines is 3. The van der Waals surface area contributed by atoms with E-state index in [9.17, 15) is 13.6 Å². The van der Waals surface area contributed by atoms with Crippen LogP contribution in [-0.4, -0.2) is 63.9 Å². The second-order valence-corrected chi connectivity index (χ2v) is 10.1. The van der Waals surface area contributed by atoms with Crippen LogP contribution in [0.25, 0.3) is 22.6 Å². The normalized spacial score (nSPS) is 14.9. The number of H-pyrrole nitrogens is 1. The van der Waals surface area contributed by atoms with E-state index in [1.165, 1.54) is 0 Å². The van der Waals surface area contributed by atoms with E-state index >= 15 is 0 Å². The van der Waals surface area contributed by atoms with Crippen LogP contribution in [0.2, 0.25) is 0 Å². The van der Waals surface area contributed by atoms with Gasteiger partial charge in [-0.1, -0.05) is 42.0 Å². The fourth-order valence-electron chi connectivity index (χ4n) is 5.00. The Labute approximate surface area is 236 Å². The summed E-state index contributed by atoms with van der Waals surface area (Å²) in [5.74, 6) is -1.65. The first-order valence-corrected chi connectivity index (χ1v) is 13.4. The SMILES string of the molecule is COCCN(c1cc(NC(=O)Nc2ccc(C)cc2)cc(-c2ccccc2-c2nnn[nH]2)n1)C1CCC(F)(F)CC1. The van der Waals surface area contributed by atoms with E-state index in [1.54, 1.807) is 19.2 Å². The Balaban J connectivity index is 1.53. The molecular weight excluding hydrogens is 530 g/mol. The van der Waals surface area contributed by atoms with Gasteiger partial charge in [-0.3, -0.25) is 0 Å². The summed E-state index contributed by atoms with van der Waals surface area (Å²) in [4.78, 5) is 20.0. The zero-order chi connectivity index (χ0) is 28.8. The number of ether oxygens (including phenoxy) is 1. The lowest BCUT2D eigenvalue weighted by Crippen LogP contribution is -2.43. The maximum atomic E-state index is 14.0. The fraction of sp³-hybridized carbons (Fsp3) is 0.345. The minimum absolute atomic E-state index is 0.157. The number of benzene rings is 2. The third-order valence-electron chi connectivity index (χ3n) is 7.14. The monoisotopic (exact) mass is 562 g/mol. The summed E-state index contributed by atoms with van der Waals surface area (Å²) in [7, 11) is 1.60. The number of urea groups is 1. The van der Waals surface area contributed by atoms with Gasteiger partial charge in [-0.15, -0.1) is 5.10 Å². The largest absolute Gasteiger partial charge is 0.383 e. The number of halogens is 2. The van der Waals surface area contributed by atoms with Crippen LogP contribution in [0.4, 0.5) is 30.8 Å². The van der Waals surface area contributed by atoms with Crippen molar-refractivity contribution in [3.8, 4) is 22.6 Å². The number of rotatable bonds is 9. The highest BCUT2D eigenvalue weighted by Crippen LogP contribution is 2.38. The van der Waals surface area contributed by atoms with Gasteiger partial charge in [0.2, 0.25) is 5.92 Å². The Morgan fingerprint density at radius 2 is 1.76 bits per heavy atom. The predicted molar refractivity (Wildman–Crippen MR) is 153 cm³/mol. The molecule has 0 bridgehead atoms. The van der Waals surface area contributed by atoms with E-state index in [2.05, 4.69) is 31.3 Å². The molecule has 41 heavy (non-hydrogen) atoms. The van der Waals surface area contributed by atoms with Crippen LogP contribution in [0.3, 0.4) is 0 Å². The molecule has 2 heterocycles. The van der Waals surface area contributed by atoms with Crippen molar-refractivity contribution in [3.05, 3.63) is 66.2 Å². The van der Waals surface area contributed by atoms with Crippen LogP contribution in [0.1, 0.15) is 31.2 Å². The van der Waals surface area contributed by atoms with E-state index < -0.39 is 12.0 Å². The molecule has 0 unspecified atom stereocenters. The molecule has 12 heteroatoms. The molecule has 214 valence electrons. The number of aromatic nitrogens is 5. The van der Waals surface area contributed by atoms with E-state index in [-0.39, 0.29) is 18.9 Å². The molecule has 4 aromatic rings. The molecule has 2 aromatic heterocycles. The van der Waals surface area contributed by atoms with Gasteiger partial charge in [0, 0.05) is 61.1 Å². The van der Waals surface area contributed by atoms with Crippen molar-refractivity contribution in [1.82, 2.24) is 25.6 Å². The van der Waals surface area contributed by atoms with Gasteiger partial charge < -0.3 is 20.3 Å².